The van der Waals surface area contributed by atoms with Crippen molar-refractivity contribution >= 4 is 66.0 Å². The Morgan fingerprint density at radius 1 is 0.422 bits per heavy atom. The standard InChI is InChI=1S/C60H40N4/c1-3-15-39(16-4-1)58-62-59(40-17-5-2-6-18-40)64-60(63-58)44-34-42(33-43(35-44)53-36-41-21-11-19-37-31-32-38-20-12-28-50(53)56(38)55(37)41)45-25-13-27-47-46(45)26-14-29-52(47)57-51-24-8-7-22-48(51)49-23-9-10-30-54(49)61-57/h1-36,54,58,61H,(H,62,63,64). The van der Waals surface area contributed by atoms with Crippen molar-refractivity contribution in [3.63, 3.8) is 0 Å². The first-order valence-corrected chi connectivity index (χ1v) is 22.1. The second-order valence-electron chi connectivity index (χ2n) is 17.0. The van der Waals surface area contributed by atoms with Crippen molar-refractivity contribution in [3.8, 4) is 22.3 Å². The molecule has 2 aliphatic heterocycles. The summed E-state index contributed by atoms with van der Waals surface area (Å²) in [6, 6.07) is 70.4. The van der Waals surface area contributed by atoms with Crippen molar-refractivity contribution in [2.45, 2.75) is 12.2 Å². The molecule has 300 valence electrons. The van der Waals surface area contributed by atoms with Crippen molar-refractivity contribution < 1.29 is 0 Å². The lowest BCUT2D eigenvalue weighted by Crippen LogP contribution is -2.45. The van der Waals surface area contributed by atoms with E-state index >= 15 is 0 Å². The molecule has 10 aromatic rings. The van der Waals surface area contributed by atoms with Crippen LogP contribution in [0.4, 0.5) is 0 Å². The minimum absolute atomic E-state index is 0.101. The van der Waals surface area contributed by atoms with Gasteiger partial charge < -0.3 is 10.6 Å². The third-order valence-corrected chi connectivity index (χ3v) is 13.3. The summed E-state index contributed by atoms with van der Waals surface area (Å²) in [5, 5.41) is 20.0. The monoisotopic (exact) mass is 816 g/mol. The predicted octanol–water partition coefficient (Wildman–Crippen LogP) is 12.0. The highest BCUT2D eigenvalue weighted by Crippen LogP contribution is 2.43. The van der Waals surface area contributed by atoms with Crippen LogP contribution in [0.2, 0.25) is 0 Å². The highest BCUT2D eigenvalue weighted by molar-refractivity contribution is 6.26. The van der Waals surface area contributed by atoms with Gasteiger partial charge in [0, 0.05) is 21.9 Å². The predicted molar refractivity (Wildman–Crippen MR) is 267 cm³/mol. The molecule has 64 heavy (non-hydrogen) atoms. The number of hydrogen-bond donors (Lipinski definition) is 2. The molecule has 0 bridgehead atoms. The maximum absolute atomic E-state index is 5.39. The summed E-state index contributed by atoms with van der Waals surface area (Å²) in [6.45, 7) is 0. The first kappa shape index (κ1) is 36.3. The molecular formula is C60H40N4. The molecule has 0 saturated carbocycles. The van der Waals surface area contributed by atoms with E-state index in [2.05, 4.69) is 217 Å². The van der Waals surface area contributed by atoms with Crippen molar-refractivity contribution in [1.82, 2.24) is 10.6 Å². The summed E-state index contributed by atoms with van der Waals surface area (Å²) in [5.74, 6) is 1.48. The van der Waals surface area contributed by atoms with Crippen molar-refractivity contribution in [3.05, 3.63) is 251 Å². The summed E-state index contributed by atoms with van der Waals surface area (Å²) in [5.41, 5.74) is 11.2. The molecule has 2 unspecified atom stereocenters. The SMILES string of the molecule is C1=CC2=c3ccccc3=C(c3cccc4c(-c5cc(C6=NC(c7ccccc7)NC(c7ccccc7)=N6)cc(-c6cc7cccc8ccc9cccc6c9c87)c5)cccc34)NC2C=C1. The number of amidine groups is 2. The third kappa shape index (κ3) is 5.91. The van der Waals surface area contributed by atoms with Crippen molar-refractivity contribution in [2.75, 3.05) is 0 Å². The van der Waals surface area contributed by atoms with Crippen molar-refractivity contribution in [1.29, 1.82) is 0 Å². The van der Waals surface area contributed by atoms with Gasteiger partial charge in [-0.15, -0.1) is 0 Å². The van der Waals surface area contributed by atoms with Gasteiger partial charge in [0.15, 0.2) is 5.84 Å². The second-order valence-corrected chi connectivity index (χ2v) is 17.0. The lowest BCUT2D eigenvalue weighted by molar-refractivity contribution is 0.674. The summed E-state index contributed by atoms with van der Waals surface area (Å²) in [6.07, 6.45) is 8.45. The molecule has 2 atom stereocenters. The minimum atomic E-state index is -0.321. The van der Waals surface area contributed by atoms with Gasteiger partial charge >= 0.3 is 0 Å². The molecule has 2 N–H and O–H groups in total. The molecule has 2 heterocycles. The quantitative estimate of drug-likeness (QED) is 0.164. The van der Waals surface area contributed by atoms with Crippen LogP contribution in [0.1, 0.15) is 28.4 Å². The van der Waals surface area contributed by atoms with Gasteiger partial charge in [0.2, 0.25) is 0 Å². The van der Waals surface area contributed by atoms with Gasteiger partial charge in [0.05, 0.1) is 11.7 Å². The number of benzene rings is 10. The Hall–Kier alpha value is -8.34. The van der Waals surface area contributed by atoms with Gasteiger partial charge in [-0.25, -0.2) is 9.98 Å². The van der Waals surface area contributed by atoms with Gasteiger partial charge in [-0.1, -0.05) is 194 Å². The van der Waals surface area contributed by atoms with E-state index in [4.69, 9.17) is 9.98 Å². The molecular weight excluding hydrogens is 777 g/mol. The third-order valence-electron chi connectivity index (χ3n) is 13.3. The van der Waals surface area contributed by atoms with Crippen LogP contribution < -0.4 is 21.1 Å². The molecule has 0 radical (unpaired) electrons. The second kappa shape index (κ2) is 14.6. The number of rotatable bonds is 6. The van der Waals surface area contributed by atoms with Crippen LogP contribution in [0.5, 0.6) is 0 Å². The Morgan fingerprint density at radius 2 is 1.06 bits per heavy atom. The van der Waals surface area contributed by atoms with E-state index in [1.165, 1.54) is 70.2 Å². The van der Waals surface area contributed by atoms with Crippen LogP contribution in [0.25, 0.3) is 76.6 Å². The van der Waals surface area contributed by atoms with Crippen LogP contribution in [0.3, 0.4) is 0 Å². The largest absolute Gasteiger partial charge is 0.374 e. The van der Waals surface area contributed by atoms with E-state index < -0.39 is 0 Å². The molecule has 0 saturated heterocycles. The number of hydrogen-bond acceptors (Lipinski definition) is 4. The molecule has 3 aliphatic rings. The van der Waals surface area contributed by atoms with Gasteiger partial charge in [-0.2, -0.15) is 0 Å². The van der Waals surface area contributed by atoms with Crippen LogP contribution in [0.15, 0.2) is 228 Å². The zero-order valence-corrected chi connectivity index (χ0v) is 34.8. The van der Waals surface area contributed by atoms with Gasteiger partial charge in [-0.05, 0) is 106 Å². The fourth-order valence-electron chi connectivity index (χ4n) is 10.3. The highest BCUT2D eigenvalue weighted by Gasteiger charge is 2.25. The van der Waals surface area contributed by atoms with E-state index in [0.717, 1.165) is 44.9 Å². The van der Waals surface area contributed by atoms with Crippen LogP contribution >= 0.6 is 0 Å². The number of nitrogens with one attached hydrogen (secondary N) is 2. The summed E-state index contributed by atoms with van der Waals surface area (Å²) < 4.78 is 0. The van der Waals surface area contributed by atoms with Crippen LogP contribution in [-0.2, 0) is 0 Å². The normalized spacial score (nSPS) is 16.7. The Morgan fingerprint density at radius 3 is 1.89 bits per heavy atom. The molecule has 0 spiro atoms. The zero-order valence-electron chi connectivity index (χ0n) is 34.8. The maximum Gasteiger partial charge on any atom is 0.159 e. The van der Waals surface area contributed by atoms with E-state index in [1.807, 2.05) is 12.1 Å². The molecule has 13 rings (SSSR count). The summed E-state index contributed by atoms with van der Waals surface area (Å²) >= 11 is 0. The first-order chi connectivity index (χ1) is 31.7. The van der Waals surface area contributed by atoms with E-state index in [-0.39, 0.29) is 12.2 Å². The maximum atomic E-state index is 5.39. The molecule has 0 aromatic heterocycles. The fraction of sp³-hybridized carbons (Fsp3) is 0.0333. The highest BCUT2D eigenvalue weighted by atomic mass is 15.2. The lowest BCUT2D eigenvalue weighted by Gasteiger charge is -2.27. The number of allylic oxidation sites excluding steroid dienone is 2. The van der Waals surface area contributed by atoms with Gasteiger partial charge in [0.1, 0.15) is 12.0 Å². The molecule has 10 aromatic carbocycles. The van der Waals surface area contributed by atoms with Gasteiger partial charge in [0.25, 0.3) is 0 Å². The molecule has 4 heteroatoms. The number of nitrogens with zero attached hydrogens (tertiary/aromatic N) is 2. The Labute approximate surface area is 370 Å². The van der Waals surface area contributed by atoms with Crippen LogP contribution in [-0.4, -0.2) is 17.7 Å². The number of aliphatic imine (C=N–C) groups is 2. The zero-order chi connectivity index (χ0) is 42.1. The van der Waals surface area contributed by atoms with Crippen LogP contribution in [0, 0.1) is 0 Å². The smallest absolute Gasteiger partial charge is 0.159 e. The summed E-state index contributed by atoms with van der Waals surface area (Å²) in [7, 11) is 0. The average molecular weight is 817 g/mol. The molecule has 0 fully saturated rings. The summed E-state index contributed by atoms with van der Waals surface area (Å²) in [4.78, 5) is 10.7. The van der Waals surface area contributed by atoms with Gasteiger partial charge in [-0.3, -0.25) is 0 Å². The Balaban J connectivity index is 1.07. The first-order valence-electron chi connectivity index (χ1n) is 22.1. The topological polar surface area (TPSA) is 48.8 Å². The van der Waals surface area contributed by atoms with E-state index in [9.17, 15) is 0 Å². The average Bonchev–Trinajstić information content (AvgIpc) is 3.37. The Kier molecular flexibility index (Phi) is 8.31. The van der Waals surface area contributed by atoms with E-state index in [0.29, 0.717) is 5.84 Å². The van der Waals surface area contributed by atoms with Crippen molar-refractivity contribution in [2.24, 2.45) is 9.98 Å². The molecule has 1 aliphatic carbocycles. The molecule has 4 nitrogen and oxygen atoms in total. The lowest BCUT2D eigenvalue weighted by atomic mass is 9.86. The minimum Gasteiger partial charge on any atom is -0.374 e. The number of fused-ring (bicyclic) bond motifs is 3. The van der Waals surface area contributed by atoms with E-state index in [1.54, 1.807) is 0 Å². The molecule has 0 amide bonds. The Bertz CT molecular complexity index is 3780. The fourth-order valence-corrected chi connectivity index (χ4v) is 10.3.